The van der Waals surface area contributed by atoms with Crippen molar-refractivity contribution in [1.29, 1.82) is 0 Å². The van der Waals surface area contributed by atoms with Gasteiger partial charge in [0.05, 0.1) is 45.0 Å². The van der Waals surface area contributed by atoms with Gasteiger partial charge in [-0.15, -0.1) is 11.3 Å². The molecule has 2 aromatic rings. The summed E-state index contributed by atoms with van der Waals surface area (Å²) in [6.07, 6.45) is 3.28. The van der Waals surface area contributed by atoms with Gasteiger partial charge in [0.25, 0.3) is 11.8 Å². The standard InChI is InChI=1S/C21H30N4O5S.C2H6OS.ClH/c1-12(2)25(13(3)4)8-7-22-20(28)15-11-31-21(23-15)24-19(27)14-9-17(29-5)18(30-6)10-16(14)26;1-4(2)3;/h9-13,26H,7-8H2,1-6H3,(H,22,28)(H,23,24,27);1-2H3;1H. The first-order valence-corrected chi connectivity index (χ1v) is 13.9. The van der Waals surface area contributed by atoms with E-state index in [1.807, 2.05) is 0 Å². The van der Waals surface area contributed by atoms with E-state index < -0.39 is 16.7 Å². The van der Waals surface area contributed by atoms with Crippen molar-refractivity contribution in [2.24, 2.45) is 0 Å². The van der Waals surface area contributed by atoms with Gasteiger partial charge in [-0.3, -0.25) is 19.1 Å². The van der Waals surface area contributed by atoms with Gasteiger partial charge in [0.15, 0.2) is 16.6 Å². The third-order valence-corrected chi connectivity index (χ3v) is 5.64. The number of quaternary nitrogens is 1. The molecule has 0 saturated heterocycles. The largest absolute Gasteiger partial charge is 1.00 e. The Kier molecular flexibility index (Phi) is 15.3. The van der Waals surface area contributed by atoms with Crippen LogP contribution in [-0.2, 0) is 10.8 Å². The molecule has 204 valence electrons. The molecule has 0 unspecified atom stereocenters. The first-order chi connectivity index (χ1) is 16.4. The molecule has 10 nitrogen and oxygen atoms in total. The minimum absolute atomic E-state index is 0. The summed E-state index contributed by atoms with van der Waals surface area (Å²) >= 11 is 1.13. The molecule has 0 atom stereocenters. The molecular weight excluding hydrogens is 528 g/mol. The van der Waals surface area contributed by atoms with Crippen LogP contribution in [-0.4, -0.2) is 78.0 Å². The van der Waals surface area contributed by atoms with Gasteiger partial charge in [0.1, 0.15) is 11.4 Å². The van der Waals surface area contributed by atoms with Crippen LogP contribution in [0, 0.1) is 0 Å². The quantitative estimate of drug-likeness (QED) is 0.278. The first kappa shape index (κ1) is 33.6. The number of hydrogen-bond acceptors (Lipinski definition) is 8. The Bertz CT molecular complexity index is 1000. The fraction of sp³-hybridized carbons (Fsp3) is 0.522. The molecule has 0 bridgehead atoms. The zero-order valence-electron chi connectivity index (χ0n) is 21.9. The number of nitrogens with one attached hydrogen (secondary N) is 3. The van der Waals surface area contributed by atoms with Gasteiger partial charge in [-0.1, -0.05) is 0 Å². The van der Waals surface area contributed by atoms with Gasteiger partial charge in [-0.05, 0) is 27.7 Å². The lowest BCUT2D eigenvalue weighted by molar-refractivity contribution is -0.941. The normalized spacial score (nSPS) is 10.6. The van der Waals surface area contributed by atoms with Crippen molar-refractivity contribution in [3.05, 3.63) is 28.8 Å². The van der Waals surface area contributed by atoms with Crippen LogP contribution in [0.4, 0.5) is 5.13 Å². The Balaban J connectivity index is 0.00000227. The highest BCUT2D eigenvalue weighted by molar-refractivity contribution is 7.83. The predicted octanol–water partition coefficient (Wildman–Crippen LogP) is -1.45. The highest BCUT2D eigenvalue weighted by atomic mass is 35.5. The van der Waals surface area contributed by atoms with Crippen molar-refractivity contribution in [2.75, 3.05) is 45.1 Å². The molecule has 36 heavy (non-hydrogen) atoms. The van der Waals surface area contributed by atoms with Crippen molar-refractivity contribution >= 4 is 39.1 Å². The zero-order chi connectivity index (χ0) is 26.7. The fourth-order valence-electron chi connectivity index (χ4n) is 3.30. The van der Waals surface area contributed by atoms with Gasteiger partial charge in [-0.2, -0.15) is 0 Å². The van der Waals surface area contributed by atoms with E-state index in [0.717, 1.165) is 17.9 Å². The van der Waals surface area contributed by atoms with Gasteiger partial charge in [-0.25, -0.2) is 4.98 Å². The molecule has 1 aromatic heterocycles. The highest BCUT2D eigenvalue weighted by Gasteiger charge is 2.20. The van der Waals surface area contributed by atoms with Crippen LogP contribution in [0.3, 0.4) is 0 Å². The molecule has 1 heterocycles. The van der Waals surface area contributed by atoms with Crippen molar-refractivity contribution in [3.8, 4) is 17.2 Å². The van der Waals surface area contributed by atoms with E-state index in [4.69, 9.17) is 9.47 Å². The first-order valence-electron chi connectivity index (χ1n) is 11.0. The van der Waals surface area contributed by atoms with E-state index in [1.54, 1.807) is 17.9 Å². The summed E-state index contributed by atoms with van der Waals surface area (Å²) in [5.41, 5.74) is 0.233. The minimum Gasteiger partial charge on any atom is -1.00 e. The summed E-state index contributed by atoms with van der Waals surface area (Å²) in [6.45, 7) is 9.97. The number of carbonyl (C=O) groups excluding carboxylic acids is 2. The smallest absolute Gasteiger partial charge is 0.271 e. The molecule has 13 heteroatoms. The SMILES string of the molecule is COc1cc(O)c(C(=O)Nc2nc(C(=O)NCC[NH+](C(C)C)C(C)C)cs2)cc1OC.CS(C)=O.[Cl-]. The van der Waals surface area contributed by atoms with Gasteiger partial charge in [0.2, 0.25) is 0 Å². The van der Waals surface area contributed by atoms with Crippen LogP contribution in [0.1, 0.15) is 48.5 Å². The third-order valence-electron chi connectivity index (χ3n) is 4.89. The number of phenols is 1. The number of carbonyl (C=O) groups is 2. The molecular formula is C23H37ClN4O6S2. The van der Waals surface area contributed by atoms with Crippen LogP contribution in [0.5, 0.6) is 17.2 Å². The Labute approximate surface area is 225 Å². The average molecular weight is 565 g/mol. The minimum atomic E-state index is -0.611. The number of amides is 2. The maximum absolute atomic E-state index is 12.6. The van der Waals surface area contributed by atoms with Gasteiger partial charge >= 0.3 is 0 Å². The summed E-state index contributed by atoms with van der Waals surface area (Å²) in [5.74, 6) is -0.513. The summed E-state index contributed by atoms with van der Waals surface area (Å²) < 4.78 is 19.8. The van der Waals surface area contributed by atoms with Crippen LogP contribution < -0.4 is 37.4 Å². The number of aromatic hydroxyl groups is 1. The number of nitrogens with zero attached hydrogens (tertiary/aromatic N) is 1. The highest BCUT2D eigenvalue weighted by Crippen LogP contribution is 2.34. The molecule has 0 aliphatic rings. The van der Waals surface area contributed by atoms with Crippen LogP contribution in [0.15, 0.2) is 17.5 Å². The maximum Gasteiger partial charge on any atom is 0.271 e. The fourth-order valence-corrected chi connectivity index (χ4v) is 3.99. The molecule has 0 saturated carbocycles. The number of benzene rings is 1. The van der Waals surface area contributed by atoms with Crippen molar-refractivity contribution in [3.63, 3.8) is 0 Å². The Morgan fingerprint density at radius 3 is 2.11 bits per heavy atom. The lowest BCUT2D eigenvalue weighted by atomic mass is 10.1. The Morgan fingerprint density at radius 1 is 1.08 bits per heavy atom. The third kappa shape index (κ3) is 10.7. The number of methoxy groups -OCH3 is 2. The molecule has 0 aliphatic carbocycles. The summed E-state index contributed by atoms with van der Waals surface area (Å²) in [5, 5.41) is 17.4. The molecule has 2 rings (SSSR count). The number of aromatic nitrogens is 1. The second kappa shape index (κ2) is 16.4. The predicted molar refractivity (Wildman–Crippen MR) is 140 cm³/mol. The number of halogens is 1. The van der Waals surface area contributed by atoms with E-state index >= 15 is 0 Å². The van der Waals surface area contributed by atoms with Crippen molar-refractivity contribution < 1.29 is 45.7 Å². The molecule has 2 amide bonds. The van der Waals surface area contributed by atoms with E-state index in [9.17, 15) is 18.9 Å². The summed E-state index contributed by atoms with van der Waals surface area (Å²) in [4.78, 5) is 30.5. The number of ether oxygens (including phenoxy) is 2. The Morgan fingerprint density at radius 2 is 1.61 bits per heavy atom. The van der Waals surface area contributed by atoms with Crippen molar-refractivity contribution in [2.45, 2.75) is 39.8 Å². The van der Waals surface area contributed by atoms with Crippen LogP contribution in [0.2, 0.25) is 0 Å². The average Bonchev–Trinajstić information content (AvgIpc) is 3.23. The molecule has 0 aliphatic heterocycles. The van der Waals surface area contributed by atoms with E-state index in [-0.39, 0.29) is 40.5 Å². The Hall–Kier alpha value is -2.41. The van der Waals surface area contributed by atoms with Crippen LogP contribution >= 0.6 is 11.3 Å². The van der Waals surface area contributed by atoms with Gasteiger partial charge < -0.3 is 37.2 Å². The zero-order valence-corrected chi connectivity index (χ0v) is 24.3. The number of thiazole rings is 1. The van der Waals surface area contributed by atoms with E-state index in [2.05, 4.69) is 43.3 Å². The monoisotopic (exact) mass is 564 g/mol. The van der Waals surface area contributed by atoms with E-state index in [0.29, 0.717) is 30.1 Å². The maximum atomic E-state index is 12.6. The summed E-state index contributed by atoms with van der Waals surface area (Å²) in [6, 6.07) is 3.60. The van der Waals surface area contributed by atoms with Crippen molar-refractivity contribution in [1.82, 2.24) is 10.3 Å². The van der Waals surface area contributed by atoms with Crippen LogP contribution in [0.25, 0.3) is 0 Å². The van der Waals surface area contributed by atoms with E-state index in [1.165, 1.54) is 31.3 Å². The van der Waals surface area contributed by atoms with Gasteiger partial charge in [0, 0.05) is 40.8 Å². The molecule has 0 spiro atoms. The number of rotatable bonds is 10. The summed E-state index contributed by atoms with van der Waals surface area (Å²) in [7, 11) is 2.26. The molecule has 0 radical (unpaired) electrons. The topological polar surface area (TPSA) is 131 Å². The number of phenolic OH excluding ortho intramolecular Hbond substituents is 1. The second-order valence-electron chi connectivity index (χ2n) is 8.35. The second-order valence-corrected chi connectivity index (χ2v) is 10.7. The number of hydrogen-bond donors (Lipinski definition) is 4. The molecule has 4 N–H and O–H groups in total. The molecule has 0 fully saturated rings. The lowest BCUT2D eigenvalue weighted by Gasteiger charge is -2.27. The lowest BCUT2D eigenvalue weighted by Crippen LogP contribution is -3.18. The number of anilines is 1. The molecule has 1 aromatic carbocycles.